The maximum absolute atomic E-state index is 12.5. The fourth-order valence-corrected chi connectivity index (χ4v) is 2.60. The Labute approximate surface area is 135 Å². The lowest BCUT2D eigenvalue weighted by atomic mass is 10.0. The first kappa shape index (κ1) is 16.8. The molecule has 0 unspecified atom stereocenters. The molecule has 0 spiro atoms. The minimum absolute atomic E-state index is 0.0127. The van der Waals surface area contributed by atoms with E-state index in [1.807, 2.05) is 6.92 Å². The quantitative estimate of drug-likeness (QED) is 0.480. The number of carbonyl (C=O) groups is 3. The fraction of sp³-hybridized carbons (Fsp3) is 0.471. The second kappa shape index (κ2) is 5.92. The molecule has 0 aromatic carbocycles. The van der Waals surface area contributed by atoms with Crippen LogP contribution in [0.25, 0.3) is 0 Å². The summed E-state index contributed by atoms with van der Waals surface area (Å²) in [5.41, 5.74) is 1.59. The number of nitrogens with zero attached hydrogens (tertiary/aromatic N) is 1. The summed E-state index contributed by atoms with van der Waals surface area (Å²) in [5, 5.41) is 5.33. The van der Waals surface area contributed by atoms with Crippen LogP contribution in [0.4, 0.5) is 0 Å². The number of rotatable bonds is 5. The van der Waals surface area contributed by atoms with Crippen LogP contribution < -0.4 is 10.6 Å². The number of aromatic nitrogens is 1. The summed E-state index contributed by atoms with van der Waals surface area (Å²) in [7, 11) is 1.71. The summed E-state index contributed by atoms with van der Waals surface area (Å²) in [5.74, 6) is 0.581. The Hall–Kier alpha value is -2.55. The average Bonchev–Trinajstić information content (AvgIpc) is 3.15. The third kappa shape index (κ3) is 3.14. The van der Waals surface area contributed by atoms with Gasteiger partial charge < -0.3 is 15.2 Å². The van der Waals surface area contributed by atoms with Crippen molar-refractivity contribution in [2.45, 2.75) is 39.2 Å². The molecule has 2 N–H and O–H groups in total. The Morgan fingerprint density at radius 3 is 2.43 bits per heavy atom. The van der Waals surface area contributed by atoms with Gasteiger partial charge in [0, 0.05) is 18.3 Å². The molecule has 0 atom stereocenters. The van der Waals surface area contributed by atoms with Crippen molar-refractivity contribution in [3.63, 3.8) is 0 Å². The molecule has 2 amide bonds. The van der Waals surface area contributed by atoms with Crippen molar-refractivity contribution in [2.24, 2.45) is 7.05 Å². The zero-order valence-corrected chi connectivity index (χ0v) is 13.9. The lowest BCUT2D eigenvalue weighted by Gasteiger charge is -2.13. The molecule has 0 aliphatic heterocycles. The number of terminal acetylenes is 1. The van der Waals surface area contributed by atoms with Gasteiger partial charge in [-0.1, -0.05) is 5.92 Å². The Morgan fingerprint density at radius 2 is 1.91 bits per heavy atom. The van der Waals surface area contributed by atoms with Gasteiger partial charge in [0.25, 0.3) is 17.6 Å². The minimum Gasteiger partial charge on any atom is -0.346 e. The number of ketones is 1. The van der Waals surface area contributed by atoms with Crippen molar-refractivity contribution in [3.8, 4) is 12.3 Å². The number of hydrogen-bond donors (Lipinski definition) is 2. The monoisotopic (exact) mass is 315 g/mol. The Morgan fingerprint density at radius 1 is 1.30 bits per heavy atom. The van der Waals surface area contributed by atoms with Gasteiger partial charge in [-0.25, -0.2) is 0 Å². The van der Waals surface area contributed by atoms with E-state index in [1.54, 1.807) is 25.5 Å². The standard InChI is InChI=1S/C17H21N3O3/c1-6-9-18-16(23)14(21)12-10(2)13(20(5)11(12)3)15(22)19-17(4)7-8-17/h1H,7-9H2,2-5H3,(H,18,23)(H,19,22). The van der Waals surface area contributed by atoms with E-state index in [9.17, 15) is 14.4 Å². The highest BCUT2D eigenvalue weighted by molar-refractivity contribution is 6.43. The van der Waals surface area contributed by atoms with Crippen LogP contribution in [0, 0.1) is 26.2 Å². The van der Waals surface area contributed by atoms with Crippen molar-refractivity contribution in [1.29, 1.82) is 0 Å². The second-order valence-corrected chi connectivity index (χ2v) is 6.22. The molecule has 23 heavy (non-hydrogen) atoms. The van der Waals surface area contributed by atoms with Crippen LogP contribution >= 0.6 is 0 Å². The molecule has 0 radical (unpaired) electrons. The molecule has 1 aliphatic carbocycles. The van der Waals surface area contributed by atoms with Gasteiger partial charge in [-0.3, -0.25) is 14.4 Å². The number of Topliss-reactive ketones (excluding diaryl/α,β-unsaturated/α-hetero) is 1. The van der Waals surface area contributed by atoms with E-state index in [2.05, 4.69) is 16.6 Å². The molecule has 122 valence electrons. The highest BCUT2D eigenvalue weighted by Gasteiger charge is 2.40. The first-order valence-corrected chi connectivity index (χ1v) is 7.46. The van der Waals surface area contributed by atoms with Crippen LogP contribution in [-0.4, -0.2) is 34.2 Å². The number of nitrogens with one attached hydrogen (secondary N) is 2. The van der Waals surface area contributed by atoms with Gasteiger partial charge in [-0.2, -0.15) is 0 Å². The first-order chi connectivity index (χ1) is 10.7. The molecular weight excluding hydrogens is 294 g/mol. The van der Waals surface area contributed by atoms with Crippen LogP contribution in [0.15, 0.2) is 0 Å². The predicted molar refractivity (Wildman–Crippen MR) is 86.2 cm³/mol. The Balaban J connectivity index is 2.34. The average molecular weight is 315 g/mol. The molecule has 1 aromatic rings. The maximum Gasteiger partial charge on any atom is 0.293 e. The molecule has 2 rings (SSSR count). The highest BCUT2D eigenvalue weighted by Crippen LogP contribution is 2.35. The largest absolute Gasteiger partial charge is 0.346 e. The summed E-state index contributed by atoms with van der Waals surface area (Å²) < 4.78 is 1.65. The topological polar surface area (TPSA) is 80.2 Å². The van der Waals surface area contributed by atoms with Crippen LogP contribution in [0.1, 0.15) is 51.9 Å². The summed E-state index contributed by atoms with van der Waals surface area (Å²) in [6.45, 7) is 5.36. The third-order valence-electron chi connectivity index (χ3n) is 4.35. The lowest BCUT2D eigenvalue weighted by Crippen LogP contribution is -2.35. The van der Waals surface area contributed by atoms with Gasteiger partial charge >= 0.3 is 0 Å². The molecule has 0 bridgehead atoms. The zero-order chi connectivity index (χ0) is 17.4. The summed E-state index contributed by atoms with van der Waals surface area (Å²) >= 11 is 0. The summed E-state index contributed by atoms with van der Waals surface area (Å²) in [4.78, 5) is 36.7. The molecule has 6 nitrogen and oxygen atoms in total. The normalized spacial score (nSPS) is 14.7. The van der Waals surface area contributed by atoms with Crippen LogP contribution in [0.3, 0.4) is 0 Å². The molecular formula is C17H21N3O3. The van der Waals surface area contributed by atoms with Gasteiger partial charge in [-0.05, 0) is 39.2 Å². The smallest absolute Gasteiger partial charge is 0.293 e. The summed E-state index contributed by atoms with van der Waals surface area (Å²) in [6.07, 6.45) is 6.97. The predicted octanol–water partition coefficient (Wildman–Crippen LogP) is 0.856. The Kier molecular flexibility index (Phi) is 4.33. The minimum atomic E-state index is -0.763. The van der Waals surface area contributed by atoms with Crippen molar-refractivity contribution in [3.05, 3.63) is 22.5 Å². The SMILES string of the molecule is C#CCNC(=O)C(=O)c1c(C)c(C(=O)NC2(C)CC2)n(C)c1C. The number of amides is 2. The van der Waals surface area contributed by atoms with E-state index in [0.717, 1.165) is 12.8 Å². The Bertz CT molecular complexity index is 733. The van der Waals surface area contributed by atoms with E-state index in [-0.39, 0.29) is 23.6 Å². The molecule has 1 fully saturated rings. The molecule has 1 saturated carbocycles. The van der Waals surface area contributed by atoms with Gasteiger partial charge in [-0.15, -0.1) is 6.42 Å². The van der Waals surface area contributed by atoms with Crippen LogP contribution in [0.5, 0.6) is 0 Å². The molecule has 1 aliphatic rings. The van der Waals surface area contributed by atoms with E-state index < -0.39 is 11.7 Å². The second-order valence-electron chi connectivity index (χ2n) is 6.22. The maximum atomic E-state index is 12.5. The third-order valence-corrected chi connectivity index (χ3v) is 4.35. The van der Waals surface area contributed by atoms with Gasteiger partial charge in [0.1, 0.15) is 5.69 Å². The lowest BCUT2D eigenvalue weighted by molar-refractivity contribution is -0.116. The molecule has 6 heteroatoms. The molecule has 1 aromatic heterocycles. The highest BCUT2D eigenvalue weighted by atomic mass is 16.2. The van der Waals surface area contributed by atoms with Crippen molar-refractivity contribution < 1.29 is 14.4 Å². The fourth-order valence-electron chi connectivity index (χ4n) is 2.60. The van der Waals surface area contributed by atoms with Gasteiger partial charge in [0.05, 0.1) is 12.1 Å². The number of carbonyl (C=O) groups excluding carboxylic acids is 3. The van der Waals surface area contributed by atoms with Crippen LogP contribution in [-0.2, 0) is 11.8 Å². The van der Waals surface area contributed by atoms with E-state index in [4.69, 9.17) is 6.42 Å². The number of hydrogen-bond acceptors (Lipinski definition) is 3. The van der Waals surface area contributed by atoms with Gasteiger partial charge in [0.2, 0.25) is 0 Å². The zero-order valence-electron chi connectivity index (χ0n) is 13.9. The van der Waals surface area contributed by atoms with Crippen molar-refractivity contribution in [2.75, 3.05) is 6.54 Å². The van der Waals surface area contributed by atoms with Crippen molar-refractivity contribution >= 4 is 17.6 Å². The van der Waals surface area contributed by atoms with Crippen molar-refractivity contribution in [1.82, 2.24) is 15.2 Å². The van der Waals surface area contributed by atoms with E-state index in [0.29, 0.717) is 17.0 Å². The first-order valence-electron chi connectivity index (χ1n) is 7.46. The van der Waals surface area contributed by atoms with E-state index >= 15 is 0 Å². The molecule has 1 heterocycles. The summed E-state index contributed by atoms with van der Waals surface area (Å²) in [6, 6.07) is 0. The van der Waals surface area contributed by atoms with Gasteiger partial charge in [0.15, 0.2) is 0 Å². The van der Waals surface area contributed by atoms with Crippen LogP contribution in [0.2, 0.25) is 0 Å². The van der Waals surface area contributed by atoms with E-state index in [1.165, 1.54) is 0 Å². The molecule has 0 saturated heterocycles.